The molecule has 0 aromatic heterocycles. The molecule has 0 radical (unpaired) electrons. The SMILES string of the molecule is Cc1ccc(S(=O)(=O)OCC2CCC(CO[Si](C)(C)C(C)(C)C)(CO[Si](C)(C)C(C)(C)C)N2C(=O)OC(C)(C)C)cc1. The Balaban J connectivity index is 2.52. The molecule has 11 heteroatoms. The van der Waals surface area contributed by atoms with Crippen molar-refractivity contribution < 1.29 is 31.0 Å². The molecule has 0 saturated carbocycles. The van der Waals surface area contributed by atoms with Crippen LogP contribution in [0.25, 0.3) is 0 Å². The Bertz CT molecular complexity index is 1150. The van der Waals surface area contributed by atoms with E-state index in [9.17, 15) is 13.2 Å². The van der Waals surface area contributed by atoms with E-state index in [0.29, 0.717) is 12.8 Å². The molecule has 1 saturated heterocycles. The van der Waals surface area contributed by atoms with Gasteiger partial charge in [0, 0.05) is 0 Å². The molecule has 0 N–H and O–H groups in total. The predicted octanol–water partition coefficient (Wildman–Crippen LogP) is 7.88. The summed E-state index contributed by atoms with van der Waals surface area (Å²) in [6.07, 6.45) is 0.595. The van der Waals surface area contributed by atoms with Crippen LogP contribution in [0.4, 0.5) is 4.79 Å². The van der Waals surface area contributed by atoms with E-state index in [-0.39, 0.29) is 34.8 Å². The van der Waals surface area contributed by atoms with Gasteiger partial charge < -0.3 is 13.6 Å². The van der Waals surface area contributed by atoms with Crippen molar-refractivity contribution in [3.63, 3.8) is 0 Å². The lowest BCUT2D eigenvalue weighted by atomic mass is 9.99. The van der Waals surface area contributed by atoms with Crippen molar-refractivity contribution in [2.75, 3.05) is 19.8 Å². The molecule has 8 nitrogen and oxygen atoms in total. The summed E-state index contributed by atoms with van der Waals surface area (Å²) in [4.78, 5) is 15.7. The lowest BCUT2D eigenvalue weighted by Crippen LogP contribution is -2.61. The highest BCUT2D eigenvalue weighted by Crippen LogP contribution is 2.43. The highest BCUT2D eigenvalue weighted by Gasteiger charge is 2.54. The smallest absolute Gasteiger partial charge is 0.411 e. The molecule has 1 aromatic carbocycles. The van der Waals surface area contributed by atoms with Crippen LogP contribution >= 0.6 is 0 Å². The van der Waals surface area contributed by atoms with Crippen LogP contribution in [0.1, 0.15) is 80.7 Å². The first-order valence-corrected chi connectivity index (χ1v) is 22.2. The van der Waals surface area contributed by atoms with Crippen molar-refractivity contribution in [1.82, 2.24) is 4.90 Å². The van der Waals surface area contributed by atoms with Gasteiger partial charge in [-0.15, -0.1) is 0 Å². The Morgan fingerprint density at radius 2 is 1.33 bits per heavy atom. The summed E-state index contributed by atoms with van der Waals surface area (Å²) in [6, 6.07) is 6.01. The largest absolute Gasteiger partial charge is 0.444 e. The van der Waals surface area contributed by atoms with Crippen LogP contribution in [-0.2, 0) is 27.9 Å². The molecule has 1 aliphatic rings. The summed E-state index contributed by atoms with van der Waals surface area (Å²) in [7, 11) is -8.45. The second-order valence-corrected chi connectivity index (χ2v) is 27.2. The summed E-state index contributed by atoms with van der Waals surface area (Å²) < 4.78 is 51.3. The Labute approximate surface area is 258 Å². The maximum absolute atomic E-state index is 14.0. The third-order valence-electron chi connectivity index (χ3n) is 9.15. The quantitative estimate of drug-likeness (QED) is 0.189. The maximum atomic E-state index is 14.0. The molecule has 0 aliphatic carbocycles. The summed E-state index contributed by atoms with van der Waals surface area (Å²) in [5.74, 6) is 0. The number of likely N-dealkylation sites (tertiary alicyclic amines) is 1. The highest BCUT2D eigenvalue weighted by atomic mass is 32.2. The summed E-state index contributed by atoms with van der Waals surface area (Å²) >= 11 is 0. The summed E-state index contributed by atoms with van der Waals surface area (Å²) in [6.45, 7) is 29.6. The monoisotopic (exact) mass is 643 g/mol. The number of carbonyl (C=O) groups excluding carboxylic acids is 1. The maximum Gasteiger partial charge on any atom is 0.411 e. The molecule has 2 rings (SSSR count). The summed E-state index contributed by atoms with van der Waals surface area (Å²) in [5, 5.41) is -0.0665. The molecule has 1 heterocycles. The minimum absolute atomic E-state index is 0.0333. The molecule has 1 atom stereocenters. The first-order chi connectivity index (χ1) is 18.7. The van der Waals surface area contributed by atoms with Gasteiger partial charge in [-0.25, -0.2) is 4.79 Å². The zero-order valence-corrected chi connectivity index (χ0v) is 31.5. The zero-order valence-electron chi connectivity index (χ0n) is 28.6. The number of hydrogen-bond donors (Lipinski definition) is 0. The molecule has 1 fully saturated rings. The van der Waals surface area contributed by atoms with E-state index in [4.69, 9.17) is 17.8 Å². The van der Waals surface area contributed by atoms with E-state index < -0.39 is 50.0 Å². The number of ether oxygens (including phenoxy) is 1. The molecule has 42 heavy (non-hydrogen) atoms. The number of hydrogen-bond acceptors (Lipinski definition) is 7. The lowest BCUT2D eigenvalue weighted by Gasteiger charge is -2.46. The van der Waals surface area contributed by atoms with Crippen LogP contribution in [0.15, 0.2) is 29.2 Å². The number of carbonyl (C=O) groups is 1. The Kier molecular flexibility index (Phi) is 11.1. The van der Waals surface area contributed by atoms with E-state index in [0.717, 1.165) is 5.56 Å². The third-order valence-corrected chi connectivity index (χ3v) is 19.4. The number of rotatable bonds is 10. The average Bonchev–Trinajstić information content (AvgIpc) is 3.17. The molecular weight excluding hydrogens is 587 g/mol. The van der Waals surface area contributed by atoms with Gasteiger partial charge in [0.1, 0.15) is 5.60 Å². The van der Waals surface area contributed by atoms with Crippen LogP contribution in [0, 0.1) is 6.92 Å². The predicted molar refractivity (Wildman–Crippen MR) is 174 cm³/mol. The van der Waals surface area contributed by atoms with Gasteiger partial charge in [0.25, 0.3) is 10.1 Å². The fourth-order valence-corrected chi connectivity index (χ4v) is 7.28. The second-order valence-electron chi connectivity index (χ2n) is 15.9. The van der Waals surface area contributed by atoms with Crippen LogP contribution in [0.3, 0.4) is 0 Å². The van der Waals surface area contributed by atoms with Crippen LogP contribution in [-0.4, -0.2) is 73.0 Å². The average molecular weight is 644 g/mol. The van der Waals surface area contributed by atoms with Gasteiger partial charge in [0.15, 0.2) is 16.6 Å². The second kappa shape index (κ2) is 12.6. The number of nitrogens with zero attached hydrogens (tertiary/aromatic N) is 1. The molecular formula is C31H57NO7SSi2. The normalized spacial score (nSPS) is 18.8. The minimum Gasteiger partial charge on any atom is -0.444 e. The standard InChI is InChI=1S/C31H57NO7SSi2/c1-24-15-17-26(18-16-24)40(34,35)36-21-25-19-20-31(22-37-41(11,12)29(5,6)7,23-38-42(13,14)30(8,9)10)32(25)27(33)39-28(2,3)4/h15-18,25H,19-23H2,1-14H3. The molecule has 242 valence electrons. The van der Waals surface area contributed by atoms with E-state index in [1.807, 2.05) is 27.7 Å². The van der Waals surface area contributed by atoms with Gasteiger partial charge in [-0.1, -0.05) is 59.2 Å². The Morgan fingerprint density at radius 3 is 1.74 bits per heavy atom. The van der Waals surface area contributed by atoms with E-state index in [2.05, 4.69) is 67.7 Å². The van der Waals surface area contributed by atoms with Gasteiger partial charge in [0.2, 0.25) is 0 Å². The number of benzene rings is 1. The van der Waals surface area contributed by atoms with Crippen molar-refractivity contribution in [2.45, 2.75) is 140 Å². The Hall–Kier alpha value is -1.25. The van der Waals surface area contributed by atoms with Crippen molar-refractivity contribution >= 4 is 32.8 Å². The fourth-order valence-electron chi connectivity index (χ4n) is 4.21. The third kappa shape index (κ3) is 9.14. The lowest BCUT2D eigenvalue weighted by molar-refractivity contribution is -0.0329. The van der Waals surface area contributed by atoms with E-state index in [1.54, 1.807) is 17.0 Å². The Morgan fingerprint density at radius 1 is 0.881 bits per heavy atom. The minimum atomic E-state index is -4.02. The van der Waals surface area contributed by atoms with Gasteiger partial charge in [-0.05, 0) is 88.9 Å². The van der Waals surface area contributed by atoms with Crippen LogP contribution < -0.4 is 0 Å². The van der Waals surface area contributed by atoms with Gasteiger partial charge in [0.05, 0.1) is 36.3 Å². The molecule has 1 unspecified atom stereocenters. The fraction of sp³-hybridized carbons (Fsp3) is 0.774. The summed E-state index contributed by atoms with van der Waals surface area (Å²) in [5.41, 5.74) is -0.630. The molecule has 1 aromatic rings. The topological polar surface area (TPSA) is 91.4 Å². The van der Waals surface area contributed by atoms with Gasteiger partial charge in [-0.2, -0.15) is 8.42 Å². The molecule has 0 spiro atoms. The van der Waals surface area contributed by atoms with Crippen molar-refractivity contribution in [2.24, 2.45) is 0 Å². The van der Waals surface area contributed by atoms with Crippen LogP contribution in [0.2, 0.25) is 36.3 Å². The number of amides is 1. The zero-order chi connectivity index (χ0) is 32.6. The first-order valence-electron chi connectivity index (χ1n) is 15.0. The van der Waals surface area contributed by atoms with Gasteiger partial charge in [-0.3, -0.25) is 9.08 Å². The van der Waals surface area contributed by atoms with E-state index in [1.165, 1.54) is 12.1 Å². The number of aryl methyl sites for hydroxylation is 1. The van der Waals surface area contributed by atoms with Crippen LogP contribution in [0.5, 0.6) is 0 Å². The van der Waals surface area contributed by atoms with E-state index >= 15 is 0 Å². The van der Waals surface area contributed by atoms with Crippen molar-refractivity contribution in [3.8, 4) is 0 Å². The van der Waals surface area contributed by atoms with Crippen molar-refractivity contribution in [3.05, 3.63) is 29.8 Å². The van der Waals surface area contributed by atoms with Gasteiger partial charge >= 0.3 is 6.09 Å². The van der Waals surface area contributed by atoms with Crippen molar-refractivity contribution in [1.29, 1.82) is 0 Å². The first kappa shape index (κ1) is 36.9. The molecule has 1 aliphatic heterocycles. The molecule has 0 bridgehead atoms. The highest BCUT2D eigenvalue weighted by molar-refractivity contribution is 7.86. The molecule has 1 amide bonds.